The van der Waals surface area contributed by atoms with Crippen LogP contribution in [0.5, 0.6) is 0 Å². The van der Waals surface area contributed by atoms with Gasteiger partial charge in [0.1, 0.15) is 0 Å². The maximum atomic E-state index is 12.3. The molecule has 1 N–H and O–H groups in total. The second-order valence-electron chi connectivity index (χ2n) is 7.47. The van der Waals surface area contributed by atoms with E-state index in [0.717, 1.165) is 37.6 Å². The van der Waals surface area contributed by atoms with E-state index in [1.807, 2.05) is 6.92 Å². The highest BCUT2D eigenvalue weighted by molar-refractivity contribution is 5.73. The summed E-state index contributed by atoms with van der Waals surface area (Å²) in [6.07, 6.45) is 5.90. The molecule has 2 aliphatic rings. The monoisotopic (exact) mass is 349 g/mol. The van der Waals surface area contributed by atoms with E-state index in [1.165, 1.54) is 25.9 Å². The number of piperidine rings is 1. The molecule has 7 heteroatoms. The predicted molar refractivity (Wildman–Crippen MR) is 95.2 cm³/mol. The highest BCUT2D eigenvalue weighted by Crippen LogP contribution is 2.38. The van der Waals surface area contributed by atoms with Crippen molar-refractivity contribution in [3.63, 3.8) is 0 Å². The van der Waals surface area contributed by atoms with Crippen molar-refractivity contribution in [2.45, 2.75) is 58.4 Å². The van der Waals surface area contributed by atoms with Gasteiger partial charge in [-0.25, -0.2) is 4.79 Å². The third-order valence-corrected chi connectivity index (χ3v) is 5.08. The fourth-order valence-corrected chi connectivity index (χ4v) is 3.43. The highest BCUT2D eigenvalue weighted by Gasteiger charge is 2.30. The molecule has 1 aliphatic heterocycles. The Morgan fingerprint density at radius 1 is 1.40 bits per heavy atom. The Kier molecular flexibility index (Phi) is 6.29. The van der Waals surface area contributed by atoms with Crippen LogP contribution in [0.15, 0.2) is 4.52 Å². The molecule has 2 heterocycles. The summed E-state index contributed by atoms with van der Waals surface area (Å²) in [5.41, 5.74) is 0. The van der Waals surface area contributed by atoms with Crippen LogP contribution in [0.1, 0.15) is 63.6 Å². The predicted octanol–water partition coefficient (Wildman–Crippen LogP) is 2.60. The van der Waals surface area contributed by atoms with Crippen LogP contribution in [0.4, 0.5) is 4.79 Å². The average Bonchev–Trinajstić information content (AvgIpc) is 3.35. The molecule has 7 nitrogen and oxygen atoms in total. The van der Waals surface area contributed by atoms with E-state index < -0.39 is 0 Å². The number of nitrogens with zero attached hydrogens (tertiary/aromatic N) is 4. The van der Waals surface area contributed by atoms with Gasteiger partial charge < -0.3 is 19.6 Å². The number of urea groups is 1. The average molecular weight is 349 g/mol. The Morgan fingerprint density at radius 2 is 2.24 bits per heavy atom. The van der Waals surface area contributed by atoms with Crippen LogP contribution in [-0.4, -0.2) is 58.7 Å². The number of amides is 2. The quantitative estimate of drug-likeness (QED) is 0.730. The smallest absolute Gasteiger partial charge is 0.317 e. The van der Waals surface area contributed by atoms with Crippen LogP contribution < -0.4 is 5.32 Å². The normalized spacial score (nSPS) is 21.3. The molecule has 2 amide bonds. The van der Waals surface area contributed by atoms with Crippen molar-refractivity contribution in [2.75, 3.05) is 32.7 Å². The summed E-state index contributed by atoms with van der Waals surface area (Å²) in [7, 11) is 0. The zero-order chi connectivity index (χ0) is 17.6. The van der Waals surface area contributed by atoms with Gasteiger partial charge in [-0.15, -0.1) is 0 Å². The van der Waals surface area contributed by atoms with E-state index in [4.69, 9.17) is 4.52 Å². The Bertz CT molecular complexity index is 557. The van der Waals surface area contributed by atoms with Crippen molar-refractivity contribution in [1.82, 2.24) is 25.3 Å². The number of rotatable bonds is 8. The minimum atomic E-state index is -0.0488. The molecular formula is C18H31N5O2. The number of carbonyl (C=O) groups excluding carboxylic acids is 1. The van der Waals surface area contributed by atoms with E-state index in [9.17, 15) is 4.79 Å². The summed E-state index contributed by atoms with van der Waals surface area (Å²) in [5.74, 6) is 2.57. The molecule has 1 aromatic rings. The molecule has 1 unspecified atom stereocenters. The van der Waals surface area contributed by atoms with Crippen molar-refractivity contribution in [1.29, 1.82) is 0 Å². The second kappa shape index (κ2) is 8.65. The number of aromatic nitrogens is 2. The fraction of sp³-hybridized carbons (Fsp3) is 0.833. The second-order valence-corrected chi connectivity index (χ2v) is 7.47. The largest absolute Gasteiger partial charge is 0.339 e. The molecule has 1 aliphatic carbocycles. The third kappa shape index (κ3) is 5.42. The van der Waals surface area contributed by atoms with Gasteiger partial charge in [-0.05, 0) is 58.0 Å². The van der Waals surface area contributed by atoms with Crippen molar-refractivity contribution in [2.24, 2.45) is 5.92 Å². The zero-order valence-electron chi connectivity index (χ0n) is 15.5. The van der Waals surface area contributed by atoms with Gasteiger partial charge in [0, 0.05) is 25.6 Å². The first kappa shape index (κ1) is 18.2. The van der Waals surface area contributed by atoms with Crippen LogP contribution in [-0.2, 0) is 6.54 Å². The molecule has 3 rings (SSSR count). The molecule has 0 bridgehead atoms. The molecule has 1 aromatic heterocycles. The number of nitrogens with one attached hydrogen (secondary N) is 1. The summed E-state index contributed by atoms with van der Waals surface area (Å²) in [6, 6.07) is -0.0488. The van der Waals surface area contributed by atoms with Gasteiger partial charge in [0.15, 0.2) is 5.82 Å². The van der Waals surface area contributed by atoms with Crippen molar-refractivity contribution >= 4 is 6.03 Å². The van der Waals surface area contributed by atoms with Crippen LogP contribution >= 0.6 is 0 Å². The molecular weight excluding hydrogens is 318 g/mol. The minimum Gasteiger partial charge on any atom is -0.339 e. The Morgan fingerprint density at radius 3 is 2.96 bits per heavy atom. The van der Waals surface area contributed by atoms with E-state index in [1.54, 1.807) is 4.90 Å². The lowest BCUT2D eigenvalue weighted by Crippen LogP contribution is -2.41. The summed E-state index contributed by atoms with van der Waals surface area (Å²) in [5, 5.41) is 7.02. The molecule has 2 fully saturated rings. The summed E-state index contributed by atoms with van der Waals surface area (Å²) in [6.45, 7) is 9.48. The first-order valence-electron chi connectivity index (χ1n) is 9.73. The Hall–Kier alpha value is -1.63. The van der Waals surface area contributed by atoms with Crippen LogP contribution in [0, 0.1) is 5.92 Å². The third-order valence-electron chi connectivity index (χ3n) is 5.08. The maximum Gasteiger partial charge on any atom is 0.317 e. The van der Waals surface area contributed by atoms with Crippen LogP contribution in [0.25, 0.3) is 0 Å². The van der Waals surface area contributed by atoms with Gasteiger partial charge in [0.05, 0.1) is 6.54 Å². The zero-order valence-corrected chi connectivity index (χ0v) is 15.5. The Balaban J connectivity index is 1.36. The molecule has 1 saturated heterocycles. The van der Waals surface area contributed by atoms with E-state index in [2.05, 4.69) is 27.3 Å². The summed E-state index contributed by atoms with van der Waals surface area (Å²) < 4.78 is 5.26. The fourth-order valence-electron chi connectivity index (χ4n) is 3.43. The highest BCUT2D eigenvalue weighted by atomic mass is 16.5. The molecule has 0 aromatic carbocycles. The van der Waals surface area contributed by atoms with E-state index >= 15 is 0 Å². The minimum absolute atomic E-state index is 0.0488. The lowest BCUT2D eigenvalue weighted by molar-refractivity contribution is 0.178. The van der Waals surface area contributed by atoms with E-state index in [0.29, 0.717) is 31.4 Å². The summed E-state index contributed by atoms with van der Waals surface area (Å²) >= 11 is 0. The summed E-state index contributed by atoms with van der Waals surface area (Å²) in [4.78, 5) is 21.0. The molecule has 25 heavy (non-hydrogen) atoms. The maximum absolute atomic E-state index is 12.3. The van der Waals surface area contributed by atoms with Crippen LogP contribution in [0.2, 0.25) is 0 Å². The molecule has 140 valence electrons. The van der Waals surface area contributed by atoms with Crippen molar-refractivity contribution in [3.8, 4) is 0 Å². The standard InChI is InChI=1S/C18H31N5O2/c1-3-23(13-16-20-17(25-21-16)15-7-8-15)18(24)19-9-5-11-22-10-4-6-14(2)12-22/h14-15H,3-13H2,1-2H3,(H,19,24). The van der Waals surface area contributed by atoms with Gasteiger partial charge >= 0.3 is 6.03 Å². The van der Waals surface area contributed by atoms with Gasteiger partial charge in [-0.2, -0.15) is 4.98 Å². The van der Waals surface area contributed by atoms with Gasteiger partial charge in [-0.1, -0.05) is 12.1 Å². The number of hydrogen-bond acceptors (Lipinski definition) is 5. The SMILES string of the molecule is CCN(Cc1noc(C2CC2)n1)C(=O)NCCCN1CCCC(C)C1. The van der Waals surface area contributed by atoms with E-state index in [-0.39, 0.29) is 6.03 Å². The van der Waals surface area contributed by atoms with Crippen molar-refractivity contribution in [3.05, 3.63) is 11.7 Å². The number of likely N-dealkylation sites (tertiary alicyclic amines) is 1. The first-order chi connectivity index (χ1) is 12.2. The topological polar surface area (TPSA) is 74.5 Å². The van der Waals surface area contributed by atoms with Crippen molar-refractivity contribution < 1.29 is 9.32 Å². The Labute approximate surface area is 150 Å². The lowest BCUT2D eigenvalue weighted by atomic mass is 10.0. The van der Waals surface area contributed by atoms with Gasteiger partial charge in [0.25, 0.3) is 0 Å². The van der Waals surface area contributed by atoms with Gasteiger partial charge in [-0.3, -0.25) is 0 Å². The number of hydrogen-bond donors (Lipinski definition) is 1. The molecule has 0 spiro atoms. The van der Waals surface area contributed by atoms with Crippen LogP contribution in [0.3, 0.4) is 0 Å². The molecule has 1 atom stereocenters. The number of carbonyl (C=O) groups is 1. The first-order valence-corrected chi connectivity index (χ1v) is 9.73. The molecule has 0 radical (unpaired) electrons. The lowest BCUT2D eigenvalue weighted by Gasteiger charge is -2.30. The van der Waals surface area contributed by atoms with Gasteiger partial charge in [0.2, 0.25) is 5.89 Å². The molecule has 1 saturated carbocycles.